The summed E-state index contributed by atoms with van der Waals surface area (Å²) in [6, 6.07) is 10.9. The number of nitrogens with one attached hydrogen (secondary N) is 1. The van der Waals surface area contributed by atoms with Crippen LogP contribution >= 0.6 is 15.9 Å². The minimum absolute atomic E-state index is 0.0666. The highest BCUT2D eigenvalue weighted by molar-refractivity contribution is 9.10. The SMILES string of the molecule is Cc1ccc(S(=O)(=O)O)cc1.NC(=NN=Cc1cc(Br)ccc1O)NO. The molecular formula is C15H17BrN4O5S. The second-order valence-electron chi connectivity index (χ2n) is 4.83. The second kappa shape index (κ2) is 9.87. The summed E-state index contributed by atoms with van der Waals surface area (Å²) in [5.74, 6) is -0.159. The molecule has 11 heteroatoms. The topological polar surface area (TPSA) is 158 Å². The van der Waals surface area contributed by atoms with E-state index < -0.39 is 10.1 Å². The van der Waals surface area contributed by atoms with E-state index in [2.05, 4.69) is 26.1 Å². The lowest BCUT2D eigenvalue weighted by molar-refractivity contribution is 0.232. The van der Waals surface area contributed by atoms with Gasteiger partial charge in [0.15, 0.2) is 0 Å². The fraction of sp³-hybridized carbons (Fsp3) is 0.0667. The molecule has 9 nitrogen and oxygen atoms in total. The van der Waals surface area contributed by atoms with Crippen LogP contribution in [-0.4, -0.2) is 35.5 Å². The number of aromatic hydroxyl groups is 1. The summed E-state index contributed by atoms with van der Waals surface area (Å²) in [5, 5.41) is 24.6. The van der Waals surface area contributed by atoms with Crippen LogP contribution < -0.4 is 11.2 Å². The number of phenols is 1. The smallest absolute Gasteiger partial charge is 0.294 e. The standard InChI is InChI=1S/C8H9BrN4O2.C7H8O3S/c9-6-1-2-7(14)5(3-6)4-11-12-8(10)13-15;1-6-2-4-7(5-3-6)11(8,9)10/h1-4,14-15H,(H3,10,12,13);2-5H,1H3,(H,8,9,10). The van der Waals surface area contributed by atoms with E-state index in [0.29, 0.717) is 5.56 Å². The summed E-state index contributed by atoms with van der Waals surface area (Å²) < 4.78 is 30.4. The van der Waals surface area contributed by atoms with Crippen LogP contribution in [0.3, 0.4) is 0 Å². The van der Waals surface area contributed by atoms with E-state index in [1.54, 1.807) is 29.7 Å². The summed E-state index contributed by atoms with van der Waals surface area (Å²) in [6.07, 6.45) is 1.31. The molecule has 6 N–H and O–H groups in total. The number of hydrogen-bond acceptors (Lipinski definition) is 6. The van der Waals surface area contributed by atoms with Gasteiger partial charge < -0.3 is 10.8 Å². The molecule has 0 fully saturated rings. The first-order chi connectivity index (χ1) is 12.1. The molecule has 0 spiro atoms. The number of nitrogens with two attached hydrogens (primary N) is 1. The predicted octanol–water partition coefficient (Wildman–Crippen LogP) is 2.02. The molecule has 0 aliphatic carbocycles. The Kier molecular flexibility index (Phi) is 8.19. The molecule has 2 aromatic carbocycles. The Morgan fingerprint density at radius 1 is 1.23 bits per heavy atom. The van der Waals surface area contributed by atoms with Crippen LogP contribution in [0.25, 0.3) is 0 Å². The number of guanidine groups is 1. The van der Waals surface area contributed by atoms with Crippen molar-refractivity contribution in [2.24, 2.45) is 15.9 Å². The van der Waals surface area contributed by atoms with E-state index in [1.165, 1.54) is 24.4 Å². The average molecular weight is 445 g/mol. The maximum atomic E-state index is 10.5. The first kappa shape index (κ1) is 21.6. The zero-order valence-corrected chi connectivity index (χ0v) is 15.9. The predicted molar refractivity (Wildman–Crippen MR) is 101 cm³/mol. The van der Waals surface area contributed by atoms with Crippen LogP contribution in [0.4, 0.5) is 0 Å². The summed E-state index contributed by atoms with van der Waals surface area (Å²) in [6.45, 7) is 1.84. The third kappa shape index (κ3) is 7.61. The van der Waals surface area contributed by atoms with E-state index in [-0.39, 0.29) is 16.6 Å². The zero-order valence-electron chi connectivity index (χ0n) is 13.5. The van der Waals surface area contributed by atoms with Gasteiger partial charge in [-0.15, -0.1) is 5.10 Å². The molecule has 0 atom stereocenters. The summed E-state index contributed by atoms with van der Waals surface area (Å²) in [4.78, 5) is -0.0666. The Hall–Kier alpha value is -2.47. The van der Waals surface area contributed by atoms with E-state index in [0.717, 1.165) is 10.0 Å². The minimum Gasteiger partial charge on any atom is -0.507 e. The third-order valence-electron chi connectivity index (χ3n) is 2.79. The fourth-order valence-electron chi connectivity index (χ4n) is 1.51. The van der Waals surface area contributed by atoms with Gasteiger partial charge in [0.05, 0.1) is 11.1 Å². The Bertz CT molecular complexity index is 899. The number of aryl methyl sites for hydroxylation is 1. The number of nitrogens with zero attached hydrogens (tertiary/aromatic N) is 2. The third-order valence-corrected chi connectivity index (χ3v) is 4.15. The molecule has 0 aliphatic heterocycles. The lowest BCUT2D eigenvalue weighted by Crippen LogP contribution is -2.27. The largest absolute Gasteiger partial charge is 0.507 e. The van der Waals surface area contributed by atoms with Gasteiger partial charge in [-0.25, -0.2) is 5.48 Å². The second-order valence-corrected chi connectivity index (χ2v) is 7.17. The van der Waals surface area contributed by atoms with E-state index in [9.17, 15) is 13.5 Å². The Balaban J connectivity index is 0.000000273. The van der Waals surface area contributed by atoms with Crippen LogP contribution in [-0.2, 0) is 10.1 Å². The number of phenolic OH excluding ortho intramolecular Hbond substituents is 1. The normalized spacial score (nSPS) is 11.8. The Morgan fingerprint density at radius 3 is 2.38 bits per heavy atom. The highest BCUT2D eigenvalue weighted by atomic mass is 79.9. The van der Waals surface area contributed by atoms with Crippen molar-refractivity contribution in [1.82, 2.24) is 5.48 Å². The van der Waals surface area contributed by atoms with Gasteiger partial charge in [-0.3, -0.25) is 9.76 Å². The quantitative estimate of drug-likeness (QED) is 0.209. The van der Waals surface area contributed by atoms with E-state index >= 15 is 0 Å². The molecule has 0 heterocycles. The van der Waals surface area contributed by atoms with Crippen molar-refractivity contribution in [1.29, 1.82) is 0 Å². The molecule has 2 aromatic rings. The molecule has 0 amide bonds. The van der Waals surface area contributed by atoms with E-state index in [4.69, 9.17) is 15.5 Å². The van der Waals surface area contributed by atoms with Gasteiger partial charge in [-0.1, -0.05) is 33.6 Å². The van der Waals surface area contributed by atoms with Crippen LogP contribution in [0.1, 0.15) is 11.1 Å². The molecular weight excluding hydrogens is 428 g/mol. The van der Waals surface area contributed by atoms with E-state index in [1.807, 2.05) is 6.92 Å². The summed E-state index contributed by atoms with van der Waals surface area (Å²) in [5.41, 5.74) is 8.17. The zero-order chi connectivity index (χ0) is 19.7. The first-order valence-corrected chi connectivity index (χ1v) is 9.16. The average Bonchev–Trinajstić information content (AvgIpc) is 2.58. The van der Waals surface area contributed by atoms with Gasteiger partial charge in [0.25, 0.3) is 10.1 Å². The molecule has 0 aliphatic rings. The molecule has 0 aromatic heterocycles. The number of halogens is 1. The van der Waals surface area contributed by atoms with Gasteiger partial charge >= 0.3 is 0 Å². The lowest BCUT2D eigenvalue weighted by Gasteiger charge is -1.97. The van der Waals surface area contributed by atoms with Gasteiger partial charge in [0.1, 0.15) is 5.75 Å². The highest BCUT2D eigenvalue weighted by Gasteiger charge is 2.06. The molecule has 0 unspecified atom stereocenters. The maximum Gasteiger partial charge on any atom is 0.294 e. The number of hydroxylamine groups is 1. The summed E-state index contributed by atoms with van der Waals surface area (Å²) >= 11 is 3.25. The Labute approximate surface area is 158 Å². The highest BCUT2D eigenvalue weighted by Crippen LogP contribution is 2.19. The van der Waals surface area contributed by atoms with Gasteiger partial charge in [-0.2, -0.15) is 13.5 Å². The summed E-state index contributed by atoms with van der Waals surface area (Å²) in [7, 11) is -4.02. The van der Waals surface area contributed by atoms with Crippen LogP contribution in [0.5, 0.6) is 5.75 Å². The maximum absolute atomic E-state index is 10.5. The van der Waals surface area contributed by atoms with Crippen LogP contribution in [0.15, 0.2) is 62.0 Å². The van der Waals surface area contributed by atoms with Crippen molar-refractivity contribution in [3.8, 4) is 5.75 Å². The number of benzene rings is 2. The van der Waals surface area contributed by atoms with Crippen molar-refractivity contribution in [3.05, 3.63) is 58.1 Å². The fourth-order valence-corrected chi connectivity index (χ4v) is 2.37. The van der Waals surface area contributed by atoms with Crippen molar-refractivity contribution >= 4 is 38.2 Å². The van der Waals surface area contributed by atoms with Crippen LogP contribution in [0.2, 0.25) is 0 Å². The first-order valence-electron chi connectivity index (χ1n) is 6.92. The molecule has 0 saturated carbocycles. The lowest BCUT2D eigenvalue weighted by atomic mass is 10.2. The van der Waals surface area contributed by atoms with Gasteiger partial charge in [0, 0.05) is 10.0 Å². The molecule has 2 rings (SSSR count). The molecule has 0 bridgehead atoms. The van der Waals surface area contributed by atoms with Crippen molar-refractivity contribution in [2.75, 3.05) is 0 Å². The molecule has 26 heavy (non-hydrogen) atoms. The molecule has 140 valence electrons. The number of hydrogen-bond donors (Lipinski definition) is 5. The Morgan fingerprint density at radius 2 is 1.85 bits per heavy atom. The monoisotopic (exact) mass is 444 g/mol. The van der Waals surface area contributed by atoms with Gasteiger partial charge in [0.2, 0.25) is 5.96 Å². The van der Waals surface area contributed by atoms with Crippen molar-refractivity contribution < 1.29 is 23.3 Å². The van der Waals surface area contributed by atoms with Crippen molar-refractivity contribution in [3.63, 3.8) is 0 Å². The number of rotatable bonds is 3. The van der Waals surface area contributed by atoms with Crippen LogP contribution in [0, 0.1) is 6.92 Å². The molecule has 0 saturated heterocycles. The minimum atomic E-state index is -4.02. The van der Waals surface area contributed by atoms with Gasteiger partial charge in [-0.05, 0) is 37.3 Å². The van der Waals surface area contributed by atoms with Crippen molar-refractivity contribution in [2.45, 2.75) is 11.8 Å². The molecule has 0 radical (unpaired) electrons.